The van der Waals surface area contributed by atoms with Crippen LogP contribution < -0.4 is 9.32 Å². The highest BCUT2D eigenvalue weighted by Crippen LogP contribution is 2.28. The van der Waals surface area contributed by atoms with E-state index >= 15 is 0 Å². The summed E-state index contributed by atoms with van der Waals surface area (Å²) >= 11 is 1.37. The number of carbonyl (C=O) groups excluding carboxylic acids is 1. The molecule has 0 bridgehead atoms. The quantitative estimate of drug-likeness (QED) is 0.642. The Labute approximate surface area is 168 Å². The van der Waals surface area contributed by atoms with E-state index in [1.54, 1.807) is 40.0 Å². The predicted octanol–water partition coefficient (Wildman–Crippen LogP) is 2.54. The topological polar surface area (TPSA) is 118 Å². The van der Waals surface area contributed by atoms with Crippen molar-refractivity contribution in [3.63, 3.8) is 0 Å². The highest BCUT2D eigenvalue weighted by atomic mass is 32.2. The first-order valence-corrected chi connectivity index (χ1v) is 10.8. The van der Waals surface area contributed by atoms with Crippen LogP contribution in [0.4, 0.5) is 0 Å². The van der Waals surface area contributed by atoms with E-state index in [4.69, 9.17) is 14.6 Å². The number of benzene rings is 1. The molecule has 0 saturated heterocycles. The molecule has 2 aromatic rings. The zero-order valence-corrected chi connectivity index (χ0v) is 17.8. The third-order valence-electron chi connectivity index (χ3n) is 3.43. The Hall–Kier alpha value is -2.01. The van der Waals surface area contributed by atoms with Gasteiger partial charge in [-0.05, 0) is 44.9 Å². The molecule has 0 unspecified atom stereocenters. The number of rotatable bonds is 8. The van der Waals surface area contributed by atoms with Crippen LogP contribution in [0.25, 0.3) is 0 Å². The summed E-state index contributed by atoms with van der Waals surface area (Å²) < 4.78 is 37.3. The molecule has 10 heteroatoms. The van der Waals surface area contributed by atoms with E-state index in [0.717, 1.165) is 11.3 Å². The van der Waals surface area contributed by atoms with E-state index in [-0.39, 0.29) is 11.7 Å². The number of thiazole rings is 1. The van der Waals surface area contributed by atoms with E-state index in [1.165, 1.54) is 23.5 Å². The lowest BCUT2D eigenvalue weighted by Crippen LogP contribution is -2.28. The zero-order chi connectivity index (χ0) is 20.9. The summed E-state index contributed by atoms with van der Waals surface area (Å²) in [5, 5.41) is 7.34. The first-order chi connectivity index (χ1) is 13.0. The molecule has 0 saturated carbocycles. The molecule has 0 aliphatic carbocycles. The standard InChI is InChI=1S/C18H24N2O6S2/c1-18(2,3)25-17(21)15(16-20-13(10-24-4)11-27-16)9-12-5-7-14(8-6-12)26-28(19,22)23/h5-8,11,15H,9-10H2,1-4H3,(H2,19,22,23)/t15-/m1/s1. The summed E-state index contributed by atoms with van der Waals surface area (Å²) in [7, 11) is -2.51. The van der Waals surface area contributed by atoms with Gasteiger partial charge in [0.25, 0.3) is 0 Å². The first-order valence-electron chi connectivity index (χ1n) is 8.44. The van der Waals surface area contributed by atoms with Crippen molar-refractivity contribution < 1.29 is 26.9 Å². The Kier molecular flexibility index (Phi) is 7.16. The van der Waals surface area contributed by atoms with Crippen molar-refractivity contribution in [2.45, 2.75) is 45.3 Å². The van der Waals surface area contributed by atoms with Gasteiger partial charge in [-0.1, -0.05) is 12.1 Å². The van der Waals surface area contributed by atoms with Crippen LogP contribution in [0.2, 0.25) is 0 Å². The van der Waals surface area contributed by atoms with Crippen LogP contribution in [0.5, 0.6) is 5.75 Å². The van der Waals surface area contributed by atoms with Gasteiger partial charge in [0.15, 0.2) is 0 Å². The molecule has 0 aliphatic rings. The van der Waals surface area contributed by atoms with Crippen LogP contribution >= 0.6 is 11.3 Å². The molecule has 8 nitrogen and oxygen atoms in total. The van der Waals surface area contributed by atoms with Gasteiger partial charge < -0.3 is 13.7 Å². The number of carbonyl (C=O) groups is 1. The van der Waals surface area contributed by atoms with E-state index in [1.807, 2.05) is 5.38 Å². The molecule has 1 aromatic carbocycles. The van der Waals surface area contributed by atoms with Gasteiger partial charge in [0.05, 0.1) is 12.3 Å². The fourth-order valence-electron chi connectivity index (χ4n) is 2.39. The van der Waals surface area contributed by atoms with Crippen LogP contribution in [0.15, 0.2) is 29.6 Å². The lowest BCUT2D eigenvalue weighted by Gasteiger charge is -2.23. The number of hydrogen-bond donors (Lipinski definition) is 1. The number of nitrogens with zero attached hydrogens (tertiary/aromatic N) is 1. The van der Waals surface area contributed by atoms with Gasteiger partial charge in [-0.25, -0.2) is 4.98 Å². The highest BCUT2D eigenvalue weighted by Gasteiger charge is 2.29. The molecule has 0 spiro atoms. The molecule has 2 N–H and O–H groups in total. The molecule has 2 rings (SSSR count). The minimum atomic E-state index is -4.09. The van der Waals surface area contributed by atoms with Crippen LogP contribution in [-0.4, -0.2) is 32.1 Å². The molecule has 1 aromatic heterocycles. The number of nitrogens with two attached hydrogens (primary N) is 1. The molecule has 28 heavy (non-hydrogen) atoms. The number of hydrogen-bond acceptors (Lipinski definition) is 8. The lowest BCUT2D eigenvalue weighted by atomic mass is 9.99. The molecular weight excluding hydrogens is 404 g/mol. The molecule has 1 atom stereocenters. The van der Waals surface area contributed by atoms with Gasteiger partial charge in [0, 0.05) is 12.5 Å². The van der Waals surface area contributed by atoms with Gasteiger partial charge in [-0.3, -0.25) is 4.79 Å². The lowest BCUT2D eigenvalue weighted by molar-refractivity contribution is -0.156. The third kappa shape index (κ3) is 7.19. The number of aromatic nitrogens is 1. The van der Waals surface area contributed by atoms with E-state index in [2.05, 4.69) is 9.17 Å². The largest absolute Gasteiger partial charge is 0.459 e. The first kappa shape index (κ1) is 22.3. The predicted molar refractivity (Wildman–Crippen MR) is 105 cm³/mol. The normalized spacial score (nSPS) is 13.2. The second-order valence-electron chi connectivity index (χ2n) is 7.12. The SMILES string of the molecule is COCc1csc([C@@H](Cc2ccc(OS(N)(=O)=O)cc2)C(=O)OC(C)(C)C)n1. The van der Waals surface area contributed by atoms with E-state index in [9.17, 15) is 13.2 Å². The second kappa shape index (κ2) is 8.99. The molecule has 154 valence electrons. The van der Waals surface area contributed by atoms with Crippen LogP contribution in [0.1, 0.15) is 43.0 Å². The van der Waals surface area contributed by atoms with E-state index in [0.29, 0.717) is 18.0 Å². The fraction of sp³-hybridized carbons (Fsp3) is 0.444. The van der Waals surface area contributed by atoms with Crippen molar-refractivity contribution >= 4 is 27.6 Å². The summed E-state index contributed by atoms with van der Waals surface area (Å²) in [5.74, 6) is -0.882. The fourth-order valence-corrected chi connectivity index (χ4v) is 3.66. The number of esters is 1. The van der Waals surface area contributed by atoms with Crippen molar-refractivity contribution in [2.24, 2.45) is 5.14 Å². The van der Waals surface area contributed by atoms with Crippen molar-refractivity contribution in [3.8, 4) is 5.75 Å². The smallest absolute Gasteiger partial charge is 0.380 e. The van der Waals surface area contributed by atoms with Crippen molar-refractivity contribution in [1.29, 1.82) is 0 Å². The van der Waals surface area contributed by atoms with E-state index < -0.39 is 21.8 Å². The highest BCUT2D eigenvalue weighted by molar-refractivity contribution is 7.84. The van der Waals surface area contributed by atoms with Crippen LogP contribution in [0, 0.1) is 0 Å². The van der Waals surface area contributed by atoms with Crippen molar-refractivity contribution in [1.82, 2.24) is 4.98 Å². The maximum Gasteiger partial charge on any atom is 0.380 e. The average Bonchev–Trinajstić information content (AvgIpc) is 2.99. The minimum Gasteiger partial charge on any atom is -0.459 e. The van der Waals surface area contributed by atoms with Crippen LogP contribution in [-0.2, 0) is 37.6 Å². The van der Waals surface area contributed by atoms with Gasteiger partial charge in [0.2, 0.25) is 0 Å². The summed E-state index contributed by atoms with van der Waals surface area (Å²) in [4.78, 5) is 17.3. The van der Waals surface area contributed by atoms with Gasteiger partial charge in [-0.2, -0.15) is 13.6 Å². The Morgan fingerprint density at radius 3 is 2.43 bits per heavy atom. The molecule has 0 fully saturated rings. The molecule has 0 amide bonds. The molecular formula is C18H24N2O6S2. The molecule has 0 aliphatic heterocycles. The molecule has 1 heterocycles. The van der Waals surface area contributed by atoms with Crippen molar-refractivity contribution in [3.05, 3.63) is 45.9 Å². The Morgan fingerprint density at radius 2 is 1.89 bits per heavy atom. The Morgan fingerprint density at radius 1 is 1.25 bits per heavy atom. The van der Waals surface area contributed by atoms with Crippen LogP contribution in [0.3, 0.4) is 0 Å². The van der Waals surface area contributed by atoms with Gasteiger partial charge in [0.1, 0.15) is 22.3 Å². The van der Waals surface area contributed by atoms with Crippen molar-refractivity contribution in [2.75, 3.05) is 7.11 Å². The maximum atomic E-state index is 12.8. The third-order valence-corrected chi connectivity index (χ3v) is 4.86. The second-order valence-corrected chi connectivity index (χ2v) is 9.16. The summed E-state index contributed by atoms with van der Waals surface area (Å²) in [6.07, 6.45) is 0.338. The molecule has 0 radical (unpaired) electrons. The number of ether oxygens (including phenoxy) is 2. The monoisotopic (exact) mass is 428 g/mol. The Balaban J connectivity index is 2.24. The average molecular weight is 429 g/mol. The minimum absolute atomic E-state index is 0.0942. The maximum absolute atomic E-state index is 12.8. The van der Waals surface area contributed by atoms with Gasteiger partial charge >= 0.3 is 16.3 Å². The summed E-state index contributed by atoms with van der Waals surface area (Å²) in [6, 6.07) is 6.29. The zero-order valence-electron chi connectivity index (χ0n) is 16.2. The Bertz CT molecular complexity index is 901. The summed E-state index contributed by atoms with van der Waals surface area (Å²) in [6.45, 7) is 5.77. The number of methoxy groups -OCH3 is 1. The van der Waals surface area contributed by atoms with Gasteiger partial charge in [-0.15, -0.1) is 11.3 Å². The summed E-state index contributed by atoms with van der Waals surface area (Å²) in [5.41, 5.74) is 0.906.